The first kappa shape index (κ1) is 38.2. The van der Waals surface area contributed by atoms with Crippen LogP contribution in [0.25, 0.3) is 0 Å². The lowest BCUT2D eigenvalue weighted by Crippen LogP contribution is -2.30. The van der Waals surface area contributed by atoms with E-state index in [-0.39, 0.29) is 12.1 Å². The monoisotopic (exact) mass is 746 g/mol. The zero-order valence-electron chi connectivity index (χ0n) is 26.5. The summed E-state index contributed by atoms with van der Waals surface area (Å²) < 4.78 is 169. The fourth-order valence-electron chi connectivity index (χ4n) is 7.52. The first-order valence-corrected chi connectivity index (χ1v) is 19.2. The van der Waals surface area contributed by atoms with Crippen molar-refractivity contribution in [3.05, 3.63) is 82.2 Å². The van der Waals surface area contributed by atoms with Crippen LogP contribution < -0.4 is 10.6 Å². The minimum Gasteiger partial charge on any atom is -0.166 e. The number of halogens is 12. The van der Waals surface area contributed by atoms with Gasteiger partial charge in [0.25, 0.3) is 0 Å². The lowest BCUT2D eigenvalue weighted by Gasteiger charge is -2.43. The average Bonchev–Trinajstić information content (AvgIpc) is 3.50. The van der Waals surface area contributed by atoms with Gasteiger partial charge in [-0.25, -0.2) is 0 Å². The van der Waals surface area contributed by atoms with Crippen LogP contribution in [0.3, 0.4) is 0 Å². The molecule has 0 N–H and O–H groups in total. The van der Waals surface area contributed by atoms with Crippen molar-refractivity contribution in [2.75, 3.05) is 0 Å². The van der Waals surface area contributed by atoms with Crippen molar-refractivity contribution in [3.8, 4) is 0 Å². The van der Waals surface area contributed by atoms with Crippen LogP contribution in [-0.2, 0) is 24.7 Å². The Kier molecular flexibility index (Phi) is 11.3. The normalized spacial score (nSPS) is 21.1. The van der Waals surface area contributed by atoms with Crippen LogP contribution in [0.1, 0.15) is 93.4 Å². The first-order chi connectivity index (χ1) is 22.7. The molecule has 0 aromatic heterocycles. The van der Waals surface area contributed by atoms with E-state index in [1.165, 1.54) is 6.92 Å². The van der Waals surface area contributed by atoms with Gasteiger partial charge in [0.15, 0.2) is 0 Å². The molecule has 5 rings (SSSR count). The fraction of sp³-hybridized carbons (Fsp3) is 0.543. The van der Waals surface area contributed by atoms with Gasteiger partial charge in [0.1, 0.15) is 0 Å². The Balaban J connectivity index is 1.71. The van der Waals surface area contributed by atoms with Crippen LogP contribution in [0.4, 0.5) is 52.7 Å². The molecular formula is C35H36F12P2. The highest BCUT2D eigenvalue weighted by Crippen LogP contribution is 2.66. The van der Waals surface area contributed by atoms with Gasteiger partial charge in [0.05, 0.1) is 22.3 Å². The van der Waals surface area contributed by atoms with Crippen LogP contribution >= 0.6 is 15.8 Å². The average molecular weight is 747 g/mol. The second kappa shape index (κ2) is 14.5. The zero-order chi connectivity index (χ0) is 35.9. The molecule has 0 heterocycles. The second-order valence-corrected chi connectivity index (χ2v) is 18.5. The molecule has 0 nitrogen and oxygen atoms in total. The summed E-state index contributed by atoms with van der Waals surface area (Å²) >= 11 is 0. The van der Waals surface area contributed by atoms with Gasteiger partial charge in [-0.15, -0.1) is 0 Å². The summed E-state index contributed by atoms with van der Waals surface area (Å²) in [5.41, 5.74) is -6.96. The number of hydrogen-bond acceptors (Lipinski definition) is 0. The predicted octanol–water partition coefficient (Wildman–Crippen LogP) is 12.8. The molecule has 1 unspecified atom stereocenters. The van der Waals surface area contributed by atoms with Crippen molar-refractivity contribution < 1.29 is 52.7 Å². The molecule has 2 fully saturated rings. The van der Waals surface area contributed by atoms with Crippen LogP contribution in [-0.4, -0.2) is 17.0 Å². The van der Waals surface area contributed by atoms with E-state index >= 15 is 0 Å². The van der Waals surface area contributed by atoms with Gasteiger partial charge in [-0.1, -0.05) is 71.6 Å². The van der Waals surface area contributed by atoms with E-state index in [1.807, 2.05) is 6.08 Å². The molecule has 0 saturated heterocycles. The fourth-order valence-corrected chi connectivity index (χ4v) is 14.8. The third-order valence-electron chi connectivity index (χ3n) is 9.79. The molecular weight excluding hydrogens is 710 g/mol. The quantitative estimate of drug-likeness (QED) is 0.196. The summed E-state index contributed by atoms with van der Waals surface area (Å²) in [6, 6.07) is 1.66. The van der Waals surface area contributed by atoms with Gasteiger partial charge < -0.3 is 0 Å². The molecule has 0 spiro atoms. The number of alkyl halides is 12. The predicted molar refractivity (Wildman–Crippen MR) is 170 cm³/mol. The Bertz CT molecular complexity index is 1360. The number of hydrogen-bond donors (Lipinski definition) is 0. The maximum atomic E-state index is 14.0. The minimum absolute atomic E-state index is 0.0822. The Morgan fingerprint density at radius 2 is 0.878 bits per heavy atom. The van der Waals surface area contributed by atoms with Gasteiger partial charge in [0.2, 0.25) is 0 Å². The van der Waals surface area contributed by atoms with Crippen molar-refractivity contribution >= 4 is 26.5 Å². The Labute approximate surface area is 279 Å². The van der Waals surface area contributed by atoms with E-state index in [4.69, 9.17) is 0 Å². The molecule has 0 bridgehead atoms. The largest absolute Gasteiger partial charge is 0.416 e. The summed E-state index contributed by atoms with van der Waals surface area (Å²) in [6.45, 7) is 1.54. The Morgan fingerprint density at radius 1 is 0.531 bits per heavy atom. The molecule has 2 aromatic carbocycles. The Hall–Kier alpha value is -2.06. The van der Waals surface area contributed by atoms with E-state index in [0.717, 1.165) is 69.5 Å². The second-order valence-electron chi connectivity index (χ2n) is 13.1. The summed E-state index contributed by atoms with van der Waals surface area (Å²) in [4.78, 5) is 0. The lowest BCUT2D eigenvalue weighted by atomic mass is 9.99. The van der Waals surface area contributed by atoms with E-state index in [1.54, 1.807) is 12.2 Å². The molecule has 0 radical (unpaired) electrons. The summed E-state index contributed by atoms with van der Waals surface area (Å²) in [6.07, 6.45) is -5.42. The van der Waals surface area contributed by atoms with Gasteiger partial charge in [-0.3, -0.25) is 0 Å². The van der Waals surface area contributed by atoms with Gasteiger partial charge >= 0.3 is 24.7 Å². The molecule has 3 aliphatic rings. The van der Waals surface area contributed by atoms with Crippen LogP contribution in [0, 0.1) is 5.92 Å². The van der Waals surface area contributed by atoms with E-state index in [0.29, 0.717) is 35.6 Å². The van der Waals surface area contributed by atoms with Crippen molar-refractivity contribution in [1.82, 2.24) is 0 Å². The van der Waals surface area contributed by atoms with Crippen LogP contribution in [0.5, 0.6) is 0 Å². The minimum atomic E-state index is -5.26. The summed E-state index contributed by atoms with van der Waals surface area (Å²) in [5, 5.41) is -0.187. The topological polar surface area (TPSA) is 0 Å². The highest BCUT2D eigenvalue weighted by molar-refractivity contribution is 7.73. The summed E-state index contributed by atoms with van der Waals surface area (Å²) in [5.74, 6) is -0.589. The highest BCUT2D eigenvalue weighted by atomic mass is 31.1. The molecule has 0 amide bonds. The molecule has 270 valence electrons. The van der Waals surface area contributed by atoms with Crippen LogP contribution in [0.2, 0.25) is 0 Å². The number of benzene rings is 2. The van der Waals surface area contributed by atoms with Crippen molar-refractivity contribution in [2.45, 2.75) is 113 Å². The van der Waals surface area contributed by atoms with Crippen molar-refractivity contribution in [1.29, 1.82) is 0 Å². The lowest BCUT2D eigenvalue weighted by molar-refractivity contribution is -0.144. The Morgan fingerprint density at radius 3 is 1.20 bits per heavy atom. The zero-order valence-corrected chi connectivity index (χ0v) is 28.3. The molecule has 2 atom stereocenters. The molecule has 49 heavy (non-hydrogen) atoms. The third-order valence-corrected chi connectivity index (χ3v) is 16.2. The van der Waals surface area contributed by atoms with Crippen LogP contribution in [0.15, 0.2) is 59.9 Å². The van der Waals surface area contributed by atoms with E-state index in [2.05, 4.69) is 0 Å². The maximum Gasteiger partial charge on any atom is 0.416 e. The molecule has 14 heteroatoms. The van der Waals surface area contributed by atoms with E-state index < -0.39 is 85.0 Å². The third kappa shape index (κ3) is 8.88. The van der Waals surface area contributed by atoms with Crippen molar-refractivity contribution in [3.63, 3.8) is 0 Å². The summed E-state index contributed by atoms with van der Waals surface area (Å²) in [7, 11) is -3.49. The van der Waals surface area contributed by atoms with Gasteiger partial charge in [0, 0.05) is 5.92 Å². The maximum absolute atomic E-state index is 14.0. The molecule has 0 aliphatic heterocycles. The van der Waals surface area contributed by atoms with E-state index in [9.17, 15) is 52.7 Å². The van der Waals surface area contributed by atoms with Gasteiger partial charge in [-0.05, 0) is 103 Å². The first-order valence-electron chi connectivity index (χ1n) is 16.3. The highest BCUT2D eigenvalue weighted by Gasteiger charge is 2.44. The van der Waals surface area contributed by atoms with Gasteiger partial charge in [-0.2, -0.15) is 52.7 Å². The number of allylic oxidation sites excluding steroid dienone is 4. The van der Waals surface area contributed by atoms with Crippen molar-refractivity contribution in [2.24, 2.45) is 5.92 Å². The molecule has 2 aromatic rings. The number of rotatable bonds is 7. The molecule has 2 saturated carbocycles. The molecule has 3 aliphatic carbocycles. The standard InChI is InChI=1S/C35H36F12P2/c1-21(30-13-8-14-31(30)49(26-9-4-2-5-10-26)27-11-6-3-7-12-27)48(28-17-22(32(36,37)38)15-23(18-28)33(39,40)41)29-19-24(34(42,43)44)16-25(20-29)35(45,46)47/h8,13-21,26-27,30H,2-7,9-12H2,1H3/t21-,30?/m1/s1. The smallest absolute Gasteiger partial charge is 0.166 e. The SMILES string of the molecule is C[C@H](C1C=CC=C1P(C1CCCCC1)C1CCCCC1)P(c1cc(C(F)(F)F)cc(C(F)(F)F)c1)c1cc(C(F)(F)F)cc(C(F)(F)F)c1.